The van der Waals surface area contributed by atoms with Gasteiger partial charge in [0.1, 0.15) is 0 Å². The fourth-order valence-electron chi connectivity index (χ4n) is 4.41. The molecule has 0 amide bonds. The molecule has 31 heavy (non-hydrogen) atoms. The quantitative estimate of drug-likeness (QED) is 0.0527. The first-order valence-electron chi connectivity index (χ1n) is 13.1. The standard InChI is InChI=1S/C25H46Cl2O3Si/c1-2-3-4-5-6-7-8-9-10-11-12-13-14-15-16-17-20-31(26,27)21-18-19-23-22-24(28)30-25(23)29/h23H,2-22H2,1H3. The van der Waals surface area contributed by atoms with Gasteiger partial charge in [-0.05, 0) is 18.5 Å². The fraction of sp³-hybridized carbons (Fsp3) is 0.920. The molecule has 1 rings (SSSR count). The molecule has 1 aliphatic rings. The largest absolute Gasteiger partial charge is 0.393 e. The third-order valence-corrected chi connectivity index (χ3v) is 10.9. The maximum absolute atomic E-state index is 11.5. The van der Waals surface area contributed by atoms with Crippen molar-refractivity contribution in [3.63, 3.8) is 0 Å². The van der Waals surface area contributed by atoms with Crippen molar-refractivity contribution >= 4 is 40.8 Å². The van der Waals surface area contributed by atoms with Crippen LogP contribution in [0.25, 0.3) is 0 Å². The third-order valence-electron chi connectivity index (χ3n) is 6.45. The van der Waals surface area contributed by atoms with Crippen molar-refractivity contribution in [3.8, 4) is 0 Å². The number of carbonyl (C=O) groups excluding carboxylic acids is 2. The van der Waals surface area contributed by atoms with Gasteiger partial charge in [-0.1, -0.05) is 116 Å². The van der Waals surface area contributed by atoms with Crippen molar-refractivity contribution in [2.45, 2.75) is 141 Å². The van der Waals surface area contributed by atoms with E-state index in [2.05, 4.69) is 11.7 Å². The van der Waals surface area contributed by atoms with Crippen LogP contribution in [0.1, 0.15) is 129 Å². The number of esters is 2. The predicted octanol–water partition coefficient (Wildman–Crippen LogP) is 9.04. The van der Waals surface area contributed by atoms with Crippen LogP contribution in [0.3, 0.4) is 0 Å². The van der Waals surface area contributed by atoms with E-state index in [1.807, 2.05) is 0 Å². The second kappa shape index (κ2) is 18.4. The molecule has 6 heteroatoms. The summed E-state index contributed by atoms with van der Waals surface area (Å²) in [7, 11) is 0. The van der Waals surface area contributed by atoms with Crippen LogP contribution >= 0.6 is 22.2 Å². The normalized spacial score (nSPS) is 16.8. The van der Waals surface area contributed by atoms with Crippen LogP contribution < -0.4 is 0 Å². The highest BCUT2D eigenvalue weighted by atomic mass is 35.7. The highest BCUT2D eigenvalue weighted by Crippen LogP contribution is 2.32. The Hall–Kier alpha value is -0.0631. The zero-order valence-electron chi connectivity index (χ0n) is 19.9. The number of halogens is 2. The SMILES string of the molecule is CCCCCCCCCCCCCCCCCC[Si](Cl)(Cl)CCCC1CC(=O)OC1=O. The van der Waals surface area contributed by atoms with Crippen molar-refractivity contribution in [1.29, 1.82) is 0 Å². The van der Waals surface area contributed by atoms with Gasteiger partial charge >= 0.3 is 11.9 Å². The summed E-state index contributed by atoms with van der Waals surface area (Å²) in [4.78, 5) is 22.6. The number of rotatable bonds is 21. The lowest BCUT2D eigenvalue weighted by Gasteiger charge is -2.16. The molecular formula is C25H46Cl2O3Si. The van der Waals surface area contributed by atoms with E-state index in [9.17, 15) is 9.59 Å². The van der Waals surface area contributed by atoms with Crippen molar-refractivity contribution in [2.24, 2.45) is 5.92 Å². The molecule has 0 N–H and O–H groups in total. The minimum Gasteiger partial charge on any atom is -0.393 e. The first-order valence-corrected chi connectivity index (χ1v) is 17.5. The maximum Gasteiger partial charge on any atom is 0.317 e. The van der Waals surface area contributed by atoms with Gasteiger partial charge in [0.2, 0.25) is 0 Å². The van der Waals surface area contributed by atoms with Gasteiger partial charge in [-0.15, -0.1) is 22.2 Å². The van der Waals surface area contributed by atoms with E-state index in [1.54, 1.807) is 0 Å². The molecule has 0 radical (unpaired) electrons. The molecule has 0 aromatic rings. The molecule has 0 bridgehead atoms. The van der Waals surface area contributed by atoms with Crippen molar-refractivity contribution in [1.82, 2.24) is 0 Å². The number of hydrogen-bond acceptors (Lipinski definition) is 3. The van der Waals surface area contributed by atoms with E-state index in [-0.39, 0.29) is 18.3 Å². The maximum atomic E-state index is 11.5. The Labute approximate surface area is 201 Å². The van der Waals surface area contributed by atoms with E-state index >= 15 is 0 Å². The van der Waals surface area contributed by atoms with Gasteiger partial charge in [-0.2, -0.15) is 0 Å². The molecule has 3 nitrogen and oxygen atoms in total. The summed E-state index contributed by atoms with van der Waals surface area (Å²) in [6.07, 6.45) is 23.5. The highest BCUT2D eigenvalue weighted by molar-refractivity contribution is 7.45. The number of hydrogen-bond donors (Lipinski definition) is 0. The zero-order chi connectivity index (χ0) is 22.8. The van der Waals surface area contributed by atoms with Gasteiger partial charge in [0.05, 0.1) is 12.3 Å². The number of ether oxygens (including phenoxy) is 1. The smallest absolute Gasteiger partial charge is 0.317 e. The Morgan fingerprint density at radius 1 is 0.710 bits per heavy atom. The molecule has 0 saturated carbocycles. The number of cyclic esters (lactones) is 2. The molecule has 0 aromatic heterocycles. The lowest BCUT2D eigenvalue weighted by Crippen LogP contribution is -2.19. The molecule has 0 aliphatic carbocycles. The van der Waals surface area contributed by atoms with E-state index in [4.69, 9.17) is 22.2 Å². The van der Waals surface area contributed by atoms with Gasteiger partial charge in [-0.25, -0.2) is 0 Å². The van der Waals surface area contributed by atoms with Crippen molar-refractivity contribution in [2.75, 3.05) is 0 Å². The minimum atomic E-state index is -2.21. The Balaban J connectivity index is 1.83. The van der Waals surface area contributed by atoms with Gasteiger partial charge < -0.3 is 4.74 Å². The average Bonchev–Trinajstić information content (AvgIpc) is 3.04. The molecule has 1 unspecified atom stereocenters. The van der Waals surface area contributed by atoms with Crippen LogP contribution in [0.5, 0.6) is 0 Å². The molecular weight excluding hydrogens is 447 g/mol. The minimum absolute atomic E-state index is 0.219. The summed E-state index contributed by atoms with van der Waals surface area (Å²) in [6.45, 7) is 0.0634. The lowest BCUT2D eigenvalue weighted by molar-refractivity contribution is -0.153. The summed E-state index contributed by atoms with van der Waals surface area (Å²) < 4.78 is 4.59. The molecule has 1 atom stereocenters. The van der Waals surface area contributed by atoms with Crippen molar-refractivity contribution in [3.05, 3.63) is 0 Å². The molecule has 1 aliphatic heterocycles. The Bertz CT molecular complexity index is 485. The van der Waals surface area contributed by atoms with E-state index < -0.39 is 12.7 Å². The van der Waals surface area contributed by atoms with Crippen LogP contribution in [0, 0.1) is 5.92 Å². The summed E-state index contributed by atoms with van der Waals surface area (Å²) in [5.74, 6) is -1.05. The van der Waals surface area contributed by atoms with Crippen LogP contribution in [-0.4, -0.2) is 18.6 Å². The molecule has 182 valence electrons. The summed E-state index contributed by atoms with van der Waals surface area (Å²) >= 11 is 13.1. The van der Waals surface area contributed by atoms with Crippen LogP contribution in [0.4, 0.5) is 0 Å². The van der Waals surface area contributed by atoms with E-state index in [0.717, 1.165) is 24.9 Å². The third kappa shape index (κ3) is 16.2. The van der Waals surface area contributed by atoms with Gasteiger partial charge in [0.25, 0.3) is 6.69 Å². The Morgan fingerprint density at radius 2 is 1.13 bits per heavy atom. The second-order valence-corrected chi connectivity index (χ2v) is 17.1. The number of carbonyl (C=O) groups is 2. The molecule has 1 heterocycles. The lowest BCUT2D eigenvalue weighted by atomic mass is 10.0. The van der Waals surface area contributed by atoms with Gasteiger partial charge in [0.15, 0.2) is 0 Å². The van der Waals surface area contributed by atoms with Crippen LogP contribution in [-0.2, 0) is 14.3 Å². The molecule has 0 aromatic carbocycles. The first-order chi connectivity index (χ1) is 14.9. The zero-order valence-corrected chi connectivity index (χ0v) is 22.4. The Kier molecular flexibility index (Phi) is 17.2. The van der Waals surface area contributed by atoms with Gasteiger partial charge in [0, 0.05) is 0 Å². The Morgan fingerprint density at radius 3 is 1.55 bits per heavy atom. The van der Waals surface area contributed by atoms with E-state index in [1.165, 1.54) is 96.3 Å². The number of unbranched alkanes of at least 4 members (excludes halogenated alkanes) is 15. The van der Waals surface area contributed by atoms with E-state index in [0.29, 0.717) is 6.42 Å². The highest BCUT2D eigenvalue weighted by Gasteiger charge is 2.34. The van der Waals surface area contributed by atoms with Gasteiger partial charge in [-0.3, -0.25) is 9.59 Å². The topological polar surface area (TPSA) is 43.4 Å². The summed E-state index contributed by atoms with van der Waals surface area (Å²) in [6, 6.07) is 1.73. The summed E-state index contributed by atoms with van der Waals surface area (Å²) in [5.41, 5.74) is 0. The second-order valence-electron chi connectivity index (χ2n) is 9.50. The average molecular weight is 494 g/mol. The molecule has 1 saturated heterocycles. The monoisotopic (exact) mass is 492 g/mol. The molecule has 1 fully saturated rings. The summed E-state index contributed by atoms with van der Waals surface area (Å²) in [5, 5.41) is 0. The van der Waals surface area contributed by atoms with Crippen molar-refractivity contribution < 1.29 is 14.3 Å². The molecule has 0 spiro atoms. The van der Waals surface area contributed by atoms with Crippen LogP contribution in [0.15, 0.2) is 0 Å². The van der Waals surface area contributed by atoms with Crippen LogP contribution in [0.2, 0.25) is 12.1 Å². The fourth-order valence-corrected chi connectivity index (χ4v) is 7.75. The first kappa shape index (κ1) is 29.0. The predicted molar refractivity (Wildman–Crippen MR) is 135 cm³/mol.